The average Bonchev–Trinajstić information content (AvgIpc) is 2.97. The van der Waals surface area contributed by atoms with E-state index in [0.717, 1.165) is 22.2 Å². The first-order chi connectivity index (χ1) is 9.15. The van der Waals surface area contributed by atoms with Crippen molar-refractivity contribution in [3.63, 3.8) is 0 Å². The Kier molecular flexibility index (Phi) is 5.20. The highest BCUT2D eigenvalue weighted by Crippen LogP contribution is 2.10. The first-order valence-corrected chi connectivity index (χ1v) is 7.85. The maximum absolute atomic E-state index is 5.82. The van der Waals surface area contributed by atoms with Gasteiger partial charge < -0.3 is 11.1 Å². The van der Waals surface area contributed by atoms with Crippen LogP contribution >= 0.6 is 33.9 Å². The Morgan fingerprint density at radius 2 is 2.47 bits per heavy atom. The van der Waals surface area contributed by atoms with E-state index in [-0.39, 0.29) is 0 Å². The third-order valence-electron chi connectivity index (χ3n) is 2.51. The fourth-order valence-electron chi connectivity index (χ4n) is 1.60. The summed E-state index contributed by atoms with van der Waals surface area (Å²) in [6.07, 6.45) is 2.93. The number of halogens is 1. The highest BCUT2D eigenvalue weighted by atomic mass is 127. The molecule has 3 N–H and O–H groups in total. The first kappa shape index (κ1) is 14.3. The van der Waals surface area contributed by atoms with Crippen molar-refractivity contribution in [2.24, 2.45) is 17.8 Å². The predicted molar refractivity (Wildman–Crippen MR) is 87.3 cm³/mol. The van der Waals surface area contributed by atoms with Crippen LogP contribution in [0.3, 0.4) is 0 Å². The summed E-state index contributed by atoms with van der Waals surface area (Å²) in [7, 11) is 1.90. The summed E-state index contributed by atoms with van der Waals surface area (Å²) in [4.78, 5) is 5.64. The smallest absolute Gasteiger partial charge is 0.188 e. The van der Waals surface area contributed by atoms with Crippen LogP contribution in [0.1, 0.15) is 10.6 Å². The minimum Gasteiger partial charge on any atom is -0.370 e. The quantitative estimate of drug-likeness (QED) is 0.465. The second-order valence-corrected chi connectivity index (χ2v) is 6.25. The number of aryl methyl sites for hydroxylation is 1. The van der Waals surface area contributed by atoms with Gasteiger partial charge in [0.2, 0.25) is 0 Å². The normalized spacial score (nSPS) is 11.8. The Bertz CT molecular complexity index is 546. The van der Waals surface area contributed by atoms with Gasteiger partial charge in [-0.3, -0.25) is 4.68 Å². The summed E-state index contributed by atoms with van der Waals surface area (Å²) < 4.78 is 2.89. The van der Waals surface area contributed by atoms with E-state index in [1.807, 2.05) is 13.2 Å². The van der Waals surface area contributed by atoms with Gasteiger partial charge >= 0.3 is 0 Å². The van der Waals surface area contributed by atoms with Gasteiger partial charge in [-0.15, -0.1) is 11.3 Å². The lowest BCUT2D eigenvalue weighted by Gasteiger charge is -2.04. The highest BCUT2D eigenvalue weighted by Gasteiger charge is 2.03. The molecule has 0 aromatic carbocycles. The van der Waals surface area contributed by atoms with Crippen molar-refractivity contribution in [3.8, 4) is 0 Å². The molecule has 19 heavy (non-hydrogen) atoms. The van der Waals surface area contributed by atoms with Crippen molar-refractivity contribution in [2.45, 2.75) is 13.0 Å². The fourth-order valence-corrected chi connectivity index (χ4v) is 2.99. The molecule has 0 bridgehead atoms. The Morgan fingerprint density at radius 3 is 3.11 bits per heavy atom. The molecular formula is C12H16IN5S. The molecule has 2 rings (SSSR count). The van der Waals surface area contributed by atoms with Crippen molar-refractivity contribution in [3.05, 3.63) is 37.9 Å². The molecule has 2 heterocycles. The molecule has 0 fully saturated rings. The number of nitrogens with one attached hydrogen (secondary N) is 1. The summed E-state index contributed by atoms with van der Waals surface area (Å²) >= 11 is 4.01. The molecule has 0 unspecified atom stereocenters. The van der Waals surface area contributed by atoms with Gasteiger partial charge in [0.05, 0.1) is 15.8 Å². The monoisotopic (exact) mass is 389 g/mol. The van der Waals surface area contributed by atoms with E-state index in [1.54, 1.807) is 16.0 Å². The molecule has 0 atom stereocenters. The first-order valence-electron chi connectivity index (χ1n) is 5.89. The number of rotatable bonds is 5. The Hall–Kier alpha value is -1.09. The summed E-state index contributed by atoms with van der Waals surface area (Å²) in [5.74, 6) is 0.470. The number of nitrogens with two attached hydrogens (primary N) is 1. The molecule has 0 amide bonds. The van der Waals surface area contributed by atoms with Gasteiger partial charge in [0, 0.05) is 24.7 Å². The zero-order valence-corrected chi connectivity index (χ0v) is 13.6. The molecule has 5 nitrogen and oxygen atoms in total. The van der Waals surface area contributed by atoms with E-state index < -0.39 is 0 Å². The van der Waals surface area contributed by atoms with Crippen LogP contribution in [0, 0.1) is 3.57 Å². The van der Waals surface area contributed by atoms with Crippen LogP contribution in [0.15, 0.2) is 28.7 Å². The van der Waals surface area contributed by atoms with Crippen LogP contribution in [0.4, 0.5) is 0 Å². The second-order valence-electron chi connectivity index (χ2n) is 4.06. The molecule has 0 saturated carbocycles. The topological polar surface area (TPSA) is 68.2 Å². The minimum atomic E-state index is 0.470. The number of thiophene rings is 1. The lowest BCUT2D eigenvalue weighted by molar-refractivity contribution is 0.741. The van der Waals surface area contributed by atoms with E-state index in [1.165, 1.54) is 4.88 Å². The molecule has 0 spiro atoms. The maximum atomic E-state index is 5.82. The van der Waals surface area contributed by atoms with Crippen molar-refractivity contribution in [2.75, 3.05) is 6.54 Å². The van der Waals surface area contributed by atoms with Gasteiger partial charge in [0.1, 0.15) is 0 Å². The number of hydrogen-bond donors (Lipinski definition) is 2. The Balaban J connectivity index is 1.78. The Morgan fingerprint density at radius 1 is 1.63 bits per heavy atom. The molecule has 0 aliphatic rings. The summed E-state index contributed by atoms with van der Waals surface area (Å²) in [5, 5.41) is 9.52. The molecule has 0 aliphatic carbocycles. The summed E-state index contributed by atoms with van der Waals surface area (Å²) in [6, 6.07) is 4.18. The highest BCUT2D eigenvalue weighted by molar-refractivity contribution is 14.1. The van der Waals surface area contributed by atoms with Gasteiger partial charge in [-0.2, -0.15) is 5.10 Å². The van der Waals surface area contributed by atoms with Crippen molar-refractivity contribution in [1.82, 2.24) is 15.1 Å². The van der Waals surface area contributed by atoms with Crippen LogP contribution in [-0.2, 0) is 20.0 Å². The zero-order valence-electron chi connectivity index (χ0n) is 10.6. The number of aliphatic imine (C=N–C) groups is 1. The molecular weight excluding hydrogens is 373 g/mol. The molecule has 0 aliphatic heterocycles. The van der Waals surface area contributed by atoms with E-state index in [4.69, 9.17) is 5.73 Å². The van der Waals surface area contributed by atoms with E-state index in [0.29, 0.717) is 12.5 Å². The number of guanidine groups is 1. The lowest BCUT2D eigenvalue weighted by Crippen LogP contribution is -2.33. The number of hydrogen-bond acceptors (Lipinski definition) is 3. The molecule has 0 saturated heterocycles. The third kappa shape index (κ3) is 4.50. The predicted octanol–water partition coefficient (Wildman–Crippen LogP) is 1.73. The van der Waals surface area contributed by atoms with Crippen LogP contribution in [0.25, 0.3) is 0 Å². The third-order valence-corrected chi connectivity index (χ3v) is 4.35. The standard InChI is InChI=1S/C12H16IN5S/c1-18-8-10(13)11(17-18)7-16-12(14)15-5-4-9-3-2-6-19-9/h2-3,6,8H,4-5,7H2,1H3,(H3,14,15,16). The molecule has 2 aromatic heterocycles. The van der Waals surface area contributed by atoms with E-state index >= 15 is 0 Å². The van der Waals surface area contributed by atoms with Crippen LogP contribution in [-0.4, -0.2) is 22.3 Å². The molecule has 7 heteroatoms. The largest absolute Gasteiger partial charge is 0.370 e. The summed E-state index contributed by atoms with van der Waals surface area (Å²) in [5.41, 5.74) is 6.77. The summed E-state index contributed by atoms with van der Waals surface area (Å²) in [6.45, 7) is 1.31. The maximum Gasteiger partial charge on any atom is 0.188 e. The van der Waals surface area contributed by atoms with Crippen molar-refractivity contribution < 1.29 is 0 Å². The van der Waals surface area contributed by atoms with Gasteiger partial charge in [-0.25, -0.2) is 4.99 Å². The van der Waals surface area contributed by atoms with Crippen LogP contribution < -0.4 is 11.1 Å². The SMILES string of the molecule is Cn1cc(I)c(CN=C(N)NCCc2cccs2)n1. The van der Waals surface area contributed by atoms with Gasteiger partial charge in [0.15, 0.2) is 5.96 Å². The van der Waals surface area contributed by atoms with Gasteiger partial charge in [-0.05, 0) is 40.5 Å². The number of aromatic nitrogens is 2. The number of nitrogens with zero attached hydrogens (tertiary/aromatic N) is 3. The molecule has 102 valence electrons. The van der Waals surface area contributed by atoms with Crippen LogP contribution in [0.2, 0.25) is 0 Å². The van der Waals surface area contributed by atoms with Gasteiger partial charge in [-0.1, -0.05) is 6.07 Å². The van der Waals surface area contributed by atoms with Crippen molar-refractivity contribution >= 4 is 39.9 Å². The second kappa shape index (κ2) is 6.90. The lowest BCUT2D eigenvalue weighted by atomic mass is 10.3. The fraction of sp³-hybridized carbons (Fsp3) is 0.333. The zero-order chi connectivity index (χ0) is 13.7. The van der Waals surface area contributed by atoms with E-state index in [2.05, 4.69) is 55.5 Å². The van der Waals surface area contributed by atoms with E-state index in [9.17, 15) is 0 Å². The molecule has 0 radical (unpaired) electrons. The van der Waals surface area contributed by atoms with Crippen LogP contribution in [0.5, 0.6) is 0 Å². The van der Waals surface area contributed by atoms with Gasteiger partial charge in [0.25, 0.3) is 0 Å². The average molecular weight is 389 g/mol. The minimum absolute atomic E-state index is 0.470. The Labute approximate surface area is 130 Å². The van der Waals surface area contributed by atoms with Crippen molar-refractivity contribution in [1.29, 1.82) is 0 Å². The molecule has 2 aromatic rings.